The van der Waals surface area contributed by atoms with Crippen molar-refractivity contribution in [3.05, 3.63) is 76.9 Å². The molecule has 1 fully saturated rings. The van der Waals surface area contributed by atoms with Gasteiger partial charge in [0.1, 0.15) is 17.2 Å². The summed E-state index contributed by atoms with van der Waals surface area (Å²) in [6.45, 7) is 3.62. The second-order valence-electron chi connectivity index (χ2n) is 8.84. The molecule has 0 spiro atoms. The Kier molecular flexibility index (Phi) is 7.58. The molecular weight excluding hydrogens is 508 g/mol. The number of carbonyl (C=O) groups excluding carboxylic acids is 2. The number of nitrogens with zero attached hydrogens (tertiary/aromatic N) is 3. The molecule has 3 heterocycles. The molecule has 38 heavy (non-hydrogen) atoms. The van der Waals surface area contributed by atoms with Crippen LogP contribution in [0.15, 0.2) is 42.9 Å². The average molecular weight is 532 g/mol. The lowest BCUT2D eigenvalue weighted by atomic mass is 9.96. The van der Waals surface area contributed by atoms with Crippen molar-refractivity contribution in [2.45, 2.75) is 38.5 Å². The van der Waals surface area contributed by atoms with Crippen LogP contribution in [0.4, 0.5) is 28.9 Å². The van der Waals surface area contributed by atoms with Gasteiger partial charge in [-0.15, -0.1) is 0 Å². The zero-order chi connectivity index (χ0) is 27.5. The summed E-state index contributed by atoms with van der Waals surface area (Å²) in [5, 5.41) is 8.11. The van der Waals surface area contributed by atoms with Gasteiger partial charge < -0.3 is 20.7 Å². The van der Waals surface area contributed by atoms with Crippen LogP contribution in [0.25, 0.3) is 0 Å². The maximum absolute atomic E-state index is 13.4. The lowest BCUT2D eigenvalue weighted by Crippen LogP contribution is -2.59. The smallest absolute Gasteiger partial charge is 0.378 e. The van der Waals surface area contributed by atoms with Gasteiger partial charge >= 0.3 is 6.18 Å². The van der Waals surface area contributed by atoms with Crippen LogP contribution in [0.1, 0.15) is 39.4 Å². The molecule has 4 rings (SSSR count). The molecule has 0 saturated carbocycles. The number of alkyl halides is 3. The zero-order valence-corrected chi connectivity index (χ0v) is 20.4. The minimum atomic E-state index is -4.75. The van der Waals surface area contributed by atoms with E-state index in [4.69, 9.17) is 4.74 Å². The summed E-state index contributed by atoms with van der Waals surface area (Å²) in [6, 6.07) is 3.90. The maximum atomic E-state index is 13.4. The highest BCUT2D eigenvalue weighted by molar-refractivity contribution is 5.99. The molecule has 1 atom stereocenters. The number of anilines is 2. The summed E-state index contributed by atoms with van der Waals surface area (Å²) >= 11 is 0. The van der Waals surface area contributed by atoms with Crippen LogP contribution in [0.3, 0.4) is 0 Å². The first-order valence-corrected chi connectivity index (χ1v) is 11.5. The molecule has 0 radical (unpaired) electrons. The Balaban J connectivity index is 1.44. The first-order valence-electron chi connectivity index (χ1n) is 11.5. The quantitative estimate of drug-likeness (QED) is 0.398. The number of halogens is 4. The molecule has 200 valence electrons. The number of amides is 2. The predicted molar refractivity (Wildman–Crippen MR) is 128 cm³/mol. The van der Waals surface area contributed by atoms with Gasteiger partial charge in [-0.2, -0.15) is 13.2 Å². The highest BCUT2D eigenvalue weighted by atomic mass is 19.4. The minimum Gasteiger partial charge on any atom is -0.378 e. The number of aromatic nitrogens is 3. The highest BCUT2D eigenvalue weighted by Gasteiger charge is 2.44. The van der Waals surface area contributed by atoms with E-state index < -0.39 is 34.9 Å². The van der Waals surface area contributed by atoms with Crippen molar-refractivity contribution in [2.75, 3.05) is 18.5 Å². The molecule has 1 aliphatic rings. The van der Waals surface area contributed by atoms with E-state index in [1.54, 1.807) is 19.9 Å². The summed E-state index contributed by atoms with van der Waals surface area (Å²) in [6.07, 6.45) is -0.451. The summed E-state index contributed by atoms with van der Waals surface area (Å²) in [7, 11) is 0. The maximum Gasteiger partial charge on any atom is 0.418 e. The summed E-state index contributed by atoms with van der Waals surface area (Å²) in [5.74, 6) is -1.49. The van der Waals surface area contributed by atoms with E-state index in [2.05, 4.69) is 30.9 Å². The molecule has 0 unspecified atom stereocenters. The van der Waals surface area contributed by atoms with E-state index in [0.717, 1.165) is 12.1 Å². The monoisotopic (exact) mass is 532 g/mol. The number of aryl methyl sites for hydroxylation is 2. The fourth-order valence-corrected chi connectivity index (χ4v) is 3.90. The van der Waals surface area contributed by atoms with E-state index in [1.807, 2.05) is 0 Å². The van der Waals surface area contributed by atoms with Crippen LogP contribution >= 0.6 is 0 Å². The van der Waals surface area contributed by atoms with Gasteiger partial charge in [0, 0.05) is 25.4 Å². The minimum absolute atomic E-state index is 0.000555. The fraction of sp³-hybridized carbons (Fsp3) is 0.320. The Morgan fingerprint density at radius 1 is 1.08 bits per heavy atom. The lowest BCUT2D eigenvalue weighted by molar-refractivity contribution is -0.137. The van der Waals surface area contributed by atoms with Crippen molar-refractivity contribution < 1.29 is 31.9 Å². The first kappa shape index (κ1) is 26.9. The Bertz CT molecular complexity index is 1340. The van der Waals surface area contributed by atoms with Gasteiger partial charge in [0.25, 0.3) is 5.91 Å². The van der Waals surface area contributed by atoms with Gasteiger partial charge in [-0.1, -0.05) is 0 Å². The molecule has 1 aromatic carbocycles. The van der Waals surface area contributed by atoms with Crippen LogP contribution in [0.5, 0.6) is 0 Å². The van der Waals surface area contributed by atoms with Crippen LogP contribution in [-0.2, 0) is 22.3 Å². The zero-order valence-electron chi connectivity index (χ0n) is 20.4. The largest absolute Gasteiger partial charge is 0.418 e. The van der Waals surface area contributed by atoms with Crippen LogP contribution < -0.4 is 16.0 Å². The molecule has 3 N–H and O–H groups in total. The molecule has 2 amide bonds. The van der Waals surface area contributed by atoms with E-state index in [0.29, 0.717) is 23.1 Å². The van der Waals surface area contributed by atoms with E-state index in [9.17, 15) is 27.2 Å². The Hall–Kier alpha value is -4.13. The third-order valence-corrected chi connectivity index (χ3v) is 6.02. The molecule has 0 bridgehead atoms. The molecule has 0 aliphatic carbocycles. The average Bonchev–Trinajstić information content (AvgIpc) is 3.34. The molecular formula is C25H24F4N6O3. The number of pyridine rings is 1. The number of hydrogen-bond donors (Lipinski definition) is 3. The Labute approximate surface area is 215 Å². The molecule has 2 aromatic heterocycles. The van der Waals surface area contributed by atoms with Crippen molar-refractivity contribution in [2.24, 2.45) is 0 Å². The summed E-state index contributed by atoms with van der Waals surface area (Å²) in [4.78, 5) is 38.1. The van der Waals surface area contributed by atoms with Crippen molar-refractivity contribution in [1.29, 1.82) is 0 Å². The Morgan fingerprint density at radius 2 is 1.82 bits per heavy atom. The standard InChI is InChI=1S/C25H24F4N6O3/c1-14-7-18(34-20-4-3-17(26)8-19(20)25(27,28)29)11-32-21(14)12-33-23(37)24(5-6-38-13-24)35-22(36)16-9-30-15(2)31-10-16/h3-4,7-11,34H,5-6,12-13H2,1-2H3,(H,33,37)(H,35,36)/t24-/m0/s1. The van der Waals surface area contributed by atoms with E-state index >= 15 is 0 Å². The predicted octanol–water partition coefficient (Wildman–Crippen LogP) is 3.60. The summed E-state index contributed by atoms with van der Waals surface area (Å²) in [5.41, 5.74) is -1.26. The van der Waals surface area contributed by atoms with Gasteiger partial charge in [0.2, 0.25) is 5.91 Å². The third-order valence-electron chi connectivity index (χ3n) is 6.02. The highest BCUT2D eigenvalue weighted by Crippen LogP contribution is 2.36. The molecule has 1 saturated heterocycles. The number of carbonyl (C=O) groups is 2. The molecule has 1 aliphatic heterocycles. The van der Waals surface area contributed by atoms with Gasteiger partial charge in [-0.3, -0.25) is 14.6 Å². The van der Waals surface area contributed by atoms with E-state index in [-0.39, 0.29) is 43.1 Å². The van der Waals surface area contributed by atoms with Crippen molar-refractivity contribution in [3.63, 3.8) is 0 Å². The third kappa shape index (κ3) is 6.05. The van der Waals surface area contributed by atoms with E-state index in [1.165, 1.54) is 18.6 Å². The number of rotatable bonds is 7. The van der Waals surface area contributed by atoms with Gasteiger partial charge in [0.05, 0.1) is 47.5 Å². The SMILES string of the molecule is Cc1ncc(C(=O)N[C@@]2(C(=O)NCc3ncc(Nc4ccc(F)cc4C(F)(F)F)cc3C)CCOC2)cn1. The van der Waals surface area contributed by atoms with Crippen molar-refractivity contribution in [1.82, 2.24) is 25.6 Å². The van der Waals surface area contributed by atoms with Crippen LogP contribution in [-0.4, -0.2) is 45.5 Å². The van der Waals surface area contributed by atoms with Crippen LogP contribution in [0, 0.1) is 19.7 Å². The number of hydrogen-bond acceptors (Lipinski definition) is 7. The molecule has 13 heteroatoms. The normalized spacial score (nSPS) is 17.2. The molecule has 9 nitrogen and oxygen atoms in total. The number of benzene rings is 1. The van der Waals surface area contributed by atoms with Gasteiger partial charge in [-0.05, 0) is 43.7 Å². The van der Waals surface area contributed by atoms with Crippen molar-refractivity contribution >= 4 is 23.2 Å². The fourth-order valence-electron chi connectivity index (χ4n) is 3.90. The van der Waals surface area contributed by atoms with Gasteiger partial charge in [-0.25, -0.2) is 14.4 Å². The topological polar surface area (TPSA) is 118 Å². The Morgan fingerprint density at radius 3 is 2.45 bits per heavy atom. The first-order chi connectivity index (χ1) is 18.0. The lowest BCUT2D eigenvalue weighted by Gasteiger charge is -2.27. The van der Waals surface area contributed by atoms with Crippen LogP contribution in [0.2, 0.25) is 0 Å². The second kappa shape index (κ2) is 10.7. The van der Waals surface area contributed by atoms with Gasteiger partial charge in [0.15, 0.2) is 0 Å². The molecule has 3 aromatic rings. The number of ether oxygens (including phenoxy) is 1. The van der Waals surface area contributed by atoms with Crippen molar-refractivity contribution in [3.8, 4) is 0 Å². The second-order valence-corrected chi connectivity index (χ2v) is 8.84. The summed E-state index contributed by atoms with van der Waals surface area (Å²) < 4.78 is 58.7. The number of nitrogens with one attached hydrogen (secondary N) is 3.